The molecule has 8 nitrogen and oxygen atoms in total. The molecule has 224 valence electrons. The van der Waals surface area contributed by atoms with Crippen molar-refractivity contribution in [3.63, 3.8) is 0 Å². The molecule has 0 spiro atoms. The highest BCUT2D eigenvalue weighted by molar-refractivity contribution is 6.41. The van der Waals surface area contributed by atoms with Crippen LogP contribution < -0.4 is 11.1 Å². The molecular weight excluding hydrogens is 540 g/mol. The number of aromatic amines is 1. The van der Waals surface area contributed by atoms with Gasteiger partial charge in [0, 0.05) is 36.2 Å². The predicted octanol–water partition coefficient (Wildman–Crippen LogP) is 5.01. The van der Waals surface area contributed by atoms with Crippen LogP contribution in [0.15, 0.2) is 85.3 Å². The van der Waals surface area contributed by atoms with Crippen LogP contribution >= 0.6 is 0 Å². The largest absolute Gasteiger partial charge is 0.348 e. The lowest BCUT2D eigenvalue weighted by Gasteiger charge is -2.24. The molecule has 1 heterocycles. The summed E-state index contributed by atoms with van der Waals surface area (Å²) in [5, 5.41) is 5.04. The fraction of sp³-hybridized carbons (Fsp3) is 0.343. The molecule has 0 saturated carbocycles. The molecule has 4 N–H and O–H groups in total. The number of aromatic nitrogens is 2. The zero-order valence-electron chi connectivity index (χ0n) is 24.8. The van der Waals surface area contributed by atoms with Gasteiger partial charge in [-0.25, -0.2) is 4.98 Å². The number of benzene rings is 3. The molecule has 4 aromatic rings. The minimum absolute atomic E-state index is 0.0228. The number of carbonyl (C=O) groups excluding carboxylic acids is 4. The maximum atomic E-state index is 13.9. The number of imidazole rings is 1. The lowest BCUT2D eigenvalue weighted by atomic mass is 9.88. The summed E-state index contributed by atoms with van der Waals surface area (Å²) < 4.78 is 0. The van der Waals surface area contributed by atoms with Crippen molar-refractivity contribution in [3.8, 4) is 0 Å². The van der Waals surface area contributed by atoms with E-state index < -0.39 is 29.6 Å². The normalized spacial score (nSPS) is 13.4. The maximum Gasteiger partial charge on any atom is 0.224 e. The Balaban J connectivity index is 1.51. The molecule has 8 heteroatoms. The van der Waals surface area contributed by atoms with Gasteiger partial charge in [0.15, 0.2) is 5.78 Å². The highest BCUT2D eigenvalue weighted by Crippen LogP contribution is 2.24. The molecule has 1 aromatic heterocycles. The number of nitrogens with two attached hydrogens (primary N) is 1. The van der Waals surface area contributed by atoms with E-state index in [-0.39, 0.29) is 24.0 Å². The molecular formula is C35H40N4O4. The van der Waals surface area contributed by atoms with Crippen LogP contribution in [0, 0.1) is 11.8 Å². The summed E-state index contributed by atoms with van der Waals surface area (Å²) in [6, 6.07) is 21.1. The Labute approximate surface area is 252 Å². The Hall–Kier alpha value is -4.43. The second kappa shape index (κ2) is 15.2. The predicted molar refractivity (Wildman–Crippen MR) is 167 cm³/mol. The quantitative estimate of drug-likeness (QED) is 0.126. The fourth-order valence-corrected chi connectivity index (χ4v) is 5.41. The van der Waals surface area contributed by atoms with E-state index in [4.69, 9.17) is 5.73 Å². The Kier molecular flexibility index (Phi) is 11.1. The van der Waals surface area contributed by atoms with E-state index in [1.54, 1.807) is 18.3 Å². The Morgan fingerprint density at radius 1 is 0.884 bits per heavy atom. The van der Waals surface area contributed by atoms with Crippen LogP contribution in [-0.2, 0) is 27.2 Å². The third-order valence-electron chi connectivity index (χ3n) is 7.68. The van der Waals surface area contributed by atoms with E-state index >= 15 is 0 Å². The van der Waals surface area contributed by atoms with Crippen LogP contribution in [0.1, 0.15) is 61.1 Å². The zero-order valence-corrected chi connectivity index (χ0v) is 24.8. The summed E-state index contributed by atoms with van der Waals surface area (Å²) >= 11 is 0. The molecule has 4 rings (SSSR count). The minimum Gasteiger partial charge on any atom is -0.348 e. The van der Waals surface area contributed by atoms with Crippen molar-refractivity contribution in [3.05, 3.63) is 102 Å². The average molecular weight is 581 g/mol. The van der Waals surface area contributed by atoms with Gasteiger partial charge in [-0.05, 0) is 47.9 Å². The first kappa shape index (κ1) is 31.5. The molecule has 0 radical (unpaired) electrons. The number of fused-ring (bicyclic) bond motifs is 1. The van der Waals surface area contributed by atoms with Gasteiger partial charge in [-0.3, -0.25) is 19.2 Å². The summed E-state index contributed by atoms with van der Waals surface area (Å²) in [6.45, 7) is 3.87. The summed E-state index contributed by atoms with van der Waals surface area (Å²) in [5.41, 5.74) is 8.41. The van der Waals surface area contributed by atoms with E-state index in [0.717, 1.165) is 16.3 Å². The van der Waals surface area contributed by atoms with Gasteiger partial charge >= 0.3 is 0 Å². The average Bonchev–Trinajstić information content (AvgIpc) is 3.52. The first-order chi connectivity index (χ1) is 20.7. The van der Waals surface area contributed by atoms with Gasteiger partial charge in [0.05, 0.1) is 18.4 Å². The van der Waals surface area contributed by atoms with Crippen molar-refractivity contribution in [1.29, 1.82) is 0 Å². The lowest BCUT2D eigenvalue weighted by Crippen LogP contribution is -2.51. The highest BCUT2D eigenvalue weighted by Gasteiger charge is 2.33. The highest BCUT2D eigenvalue weighted by atomic mass is 16.2. The van der Waals surface area contributed by atoms with Crippen molar-refractivity contribution in [2.75, 3.05) is 0 Å². The summed E-state index contributed by atoms with van der Waals surface area (Å²) in [7, 11) is 0. The van der Waals surface area contributed by atoms with Crippen molar-refractivity contribution in [2.24, 2.45) is 17.6 Å². The molecule has 0 aliphatic carbocycles. The number of rotatable bonds is 16. The number of H-pyrrole nitrogens is 1. The summed E-state index contributed by atoms with van der Waals surface area (Å²) in [4.78, 5) is 59.9. The lowest BCUT2D eigenvalue weighted by molar-refractivity contribution is -0.140. The topological polar surface area (TPSA) is 135 Å². The summed E-state index contributed by atoms with van der Waals surface area (Å²) in [6.07, 6.45) is 5.19. The van der Waals surface area contributed by atoms with Crippen molar-refractivity contribution < 1.29 is 19.2 Å². The number of nitrogens with one attached hydrogen (secondary N) is 2. The van der Waals surface area contributed by atoms with E-state index in [2.05, 4.69) is 15.3 Å². The van der Waals surface area contributed by atoms with Crippen LogP contribution in [0.3, 0.4) is 0 Å². The van der Waals surface area contributed by atoms with Crippen LogP contribution in [0.5, 0.6) is 0 Å². The number of amides is 1. The second-order valence-corrected chi connectivity index (χ2v) is 11.5. The molecule has 0 aliphatic heterocycles. The number of hydrogen-bond donors (Lipinski definition) is 3. The molecule has 43 heavy (non-hydrogen) atoms. The third-order valence-corrected chi connectivity index (χ3v) is 7.68. The van der Waals surface area contributed by atoms with Crippen molar-refractivity contribution >= 4 is 34.0 Å². The number of ketones is 3. The molecule has 0 bridgehead atoms. The van der Waals surface area contributed by atoms with Gasteiger partial charge in [-0.2, -0.15) is 0 Å². The van der Waals surface area contributed by atoms with Gasteiger partial charge in [0.1, 0.15) is 0 Å². The smallest absolute Gasteiger partial charge is 0.224 e. The van der Waals surface area contributed by atoms with E-state index in [1.807, 2.05) is 74.5 Å². The molecule has 0 aliphatic rings. The van der Waals surface area contributed by atoms with Gasteiger partial charge < -0.3 is 16.0 Å². The number of Topliss-reactive ketones (excluding diaryl/α,β-unsaturated/α-hetero) is 3. The molecule has 0 fully saturated rings. The molecule has 3 aromatic carbocycles. The SMILES string of the molecule is CC(C)C[C@H](NC(=O)C(CCCC(=O)c1ccccc1)Cc1cccc2ccccc12)C(=O)C(=O)[C@@H](N)Cc1cnc[nH]1. The Bertz CT molecular complexity index is 1530. The Morgan fingerprint density at radius 2 is 1.60 bits per heavy atom. The minimum atomic E-state index is -1.05. The van der Waals surface area contributed by atoms with Gasteiger partial charge in [0.25, 0.3) is 0 Å². The van der Waals surface area contributed by atoms with E-state index in [9.17, 15) is 19.2 Å². The van der Waals surface area contributed by atoms with Crippen LogP contribution in [-0.4, -0.2) is 45.3 Å². The third kappa shape index (κ3) is 8.78. The van der Waals surface area contributed by atoms with E-state index in [0.29, 0.717) is 43.4 Å². The second-order valence-electron chi connectivity index (χ2n) is 11.5. The van der Waals surface area contributed by atoms with Gasteiger partial charge in [-0.15, -0.1) is 0 Å². The van der Waals surface area contributed by atoms with Crippen LogP contribution in [0.4, 0.5) is 0 Å². The van der Waals surface area contributed by atoms with Crippen LogP contribution in [0.2, 0.25) is 0 Å². The van der Waals surface area contributed by atoms with E-state index in [1.165, 1.54) is 6.33 Å². The standard InChI is InChI=1S/C35H40N4O4/c1-23(2)18-31(34(42)33(41)30(36)20-28-21-37-22-38-28)39-35(43)27(15-9-17-32(40)25-11-4-3-5-12-25)19-26-14-8-13-24-10-6-7-16-29(24)26/h3-8,10-14,16,21-23,27,30-31H,9,15,17-20,36H2,1-2H3,(H,37,38)(H,39,43)/t27?,30-,31-/m0/s1. The van der Waals surface area contributed by atoms with Gasteiger partial charge in [-0.1, -0.05) is 86.6 Å². The summed E-state index contributed by atoms with van der Waals surface area (Å²) in [5.74, 6) is -2.17. The molecule has 1 unspecified atom stereocenters. The molecule has 0 saturated heterocycles. The van der Waals surface area contributed by atoms with Gasteiger partial charge in [0.2, 0.25) is 17.5 Å². The maximum absolute atomic E-state index is 13.9. The van der Waals surface area contributed by atoms with Crippen molar-refractivity contribution in [1.82, 2.24) is 15.3 Å². The number of nitrogens with zero attached hydrogens (tertiary/aromatic N) is 1. The zero-order chi connectivity index (χ0) is 30.8. The number of carbonyl (C=O) groups is 4. The molecule has 1 amide bonds. The fourth-order valence-electron chi connectivity index (χ4n) is 5.41. The molecule has 3 atom stereocenters. The van der Waals surface area contributed by atoms with Crippen LogP contribution in [0.25, 0.3) is 10.8 Å². The first-order valence-electron chi connectivity index (χ1n) is 14.9. The first-order valence-corrected chi connectivity index (χ1v) is 14.9. The monoisotopic (exact) mass is 580 g/mol. The van der Waals surface area contributed by atoms with Crippen molar-refractivity contribution in [2.45, 2.75) is 64.5 Å². The Morgan fingerprint density at radius 3 is 2.33 bits per heavy atom. The number of hydrogen-bond acceptors (Lipinski definition) is 6.